The average molecular weight is 166 g/mol. The van der Waals surface area contributed by atoms with Crippen LogP contribution in [0.1, 0.15) is 10.4 Å². The Morgan fingerprint density at radius 2 is 2.33 bits per heavy atom. The van der Waals surface area contributed by atoms with Crippen molar-refractivity contribution >= 4 is 5.91 Å². The molecule has 0 saturated heterocycles. The summed E-state index contributed by atoms with van der Waals surface area (Å²) in [7, 11) is 0. The first kappa shape index (κ1) is 8.67. The van der Waals surface area contributed by atoms with Crippen LogP contribution in [0.3, 0.4) is 0 Å². The van der Waals surface area contributed by atoms with Crippen molar-refractivity contribution < 1.29 is 9.36 Å². The Kier molecular flexibility index (Phi) is 2.76. The van der Waals surface area contributed by atoms with Crippen LogP contribution in [-0.4, -0.2) is 12.5 Å². The van der Waals surface area contributed by atoms with Crippen LogP contribution in [0.2, 0.25) is 0 Å². The van der Waals surface area contributed by atoms with E-state index in [2.05, 4.69) is 0 Å². The van der Waals surface area contributed by atoms with Crippen molar-refractivity contribution in [3.05, 3.63) is 30.1 Å². The topological polar surface area (TPSA) is 73.0 Å². The highest BCUT2D eigenvalue weighted by Gasteiger charge is 2.05. The largest absolute Gasteiger partial charge is 0.365 e. The monoisotopic (exact) mass is 166 g/mol. The fourth-order valence-corrected chi connectivity index (χ4v) is 0.956. The normalized spacial score (nSPS) is 9.75. The summed E-state index contributed by atoms with van der Waals surface area (Å²) >= 11 is 0. The molecule has 0 radical (unpaired) electrons. The zero-order valence-electron chi connectivity index (χ0n) is 6.73. The third-order valence-electron chi connectivity index (χ3n) is 1.53. The number of carbonyl (C=O) groups excluding carboxylic acids is 1. The maximum absolute atomic E-state index is 10.7. The quantitative estimate of drug-likeness (QED) is 0.567. The summed E-state index contributed by atoms with van der Waals surface area (Å²) in [5, 5.41) is 0. The van der Waals surface area contributed by atoms with Crippen LogP contribution in [0.25, 0.3) is 0 Å². The summed E-state index contributed by atoms with van der Waals surface area (Å²) in [5.41, 5.74) is 11.0. The molecule has 1 aromatic rings. The molecule has 0 aromatic carbocycles. The highest BCUT2D eigenvalue weighted by Crippen LogP contribution is 1.91. The Morgan fingerprint density at radius 3 is 2.92 bits per heavy atom. The first-order valence-corrected chi connectivity index (χ1v) is 3.73. The minimum Gasteiger partial charge on any atom is -0.365 e. The first-order chi connectivity index (χ1) is 5.74. The van der Waals surface area contributed by atoms with Gasteiger partial charge in [0.25, 0.3) is 5.91 Å². The molecule has 12 heavy (non-hydrogen) atoms. The molecule has 1 rings (SSSR count). The van der Waals surface area contributed by atoms with Crippen molar-refractivity contribution in [3.8, 4) is 0 Å². The van der Waals surface area contributed by atoms with Crippen LogP contribution in [0.4, 0.5) is 0 Å². The molecule has 1 aromatic heterocycles. The van der Waals surface area contributed by atoms with E-state index in [-0.39, 0.29) is 0 Å². The van der Waals surface area contributed by atoms with Crippen molar-refractivity contribution in [2.75, 3.05) is 6.54 Å². The van der Waals surface area contributed by atoms with Gasteiger partial charge in [-0.2, -0.15) is 0 Å². The number of pyridine rings is 1. The molecule has 0 spiro atoms. The van der Waals surface area contributed by atoms with E-state index in [1.54, 1.807) is 18.3 Å². The van der Waals surface area contributed by atoms with Crippen LogP contribution < -0.4 is 16.0 Å². The number of carbonyl (C=O) groups is 1. The molecule has 4 nitrogen and oxygen atoms in total. The van der Waals surface area contributed by atoms with Crippen LogP contribution in [-0.2, 0) is 6.54 Å². The minimum absolute atomic E-state index is 0.415. The number of hydrogen-bond acceptors (Lipinski definition) is 2. The van der Waals surface area contributed by atoms with E-state index in [9.17, 15) is 4.79 Å². The van der Waals surface area contributed by atoms with E-state index < -0.39 is 5.91 Å². The van der Waals surface area contributed by atoms with Gasteiger partial charge in [-0.05, 0) is 6.07 Å². The van der Waals surface area contributed by atoms with E-state index >= 15 is 0 Å². The summed E-state index contributed by atoms with van der Waals surface area (Å²) < 4.78 is 1.83. The Morgan fingerprint density at radius 1 is 1.58 bits per heavy atom. The highest BCUT2D eigenvalue weighted by molar-refractivity contribution is 5.92. The summed E-state index contributed by atoms with van der Waals surface area (Å²) in [4.78, 5) is 10.7. The van der Waals surface area contributed by atoms with E-state index in [0.29, 0.717) is 18.7 Å². The summed E-state index contributed by atoms with van der Waals surface area (Å²) in [6.45, 7) is 1.24. The fourth-order valence-electron chi connectivity index (χ4n) is 0.956. The number of nitrogens with zero attached hydrogens (tertiary/aromatic N) is 1. The van der Waals surface area contributed by atoms with Gasteiger partial charge in [0, 0.05) is 6.07 Å². The van der Waals surface area contributed by atoms with Crippen LogP contribution in [0.5, 0.6) is 0 Å². The number of hydrogen-bond donors (Lipinski definition) is 2. The fraction of sp³-hybridized carbons (Fsp3) is 0.250. The van der Waals surface area contributed by atoms with E-state index in [0.717, 1.165) is 0 Å². The van der Waals surface area contributed by atoms with Gasteiger partial charge in [0.05, 0.1) is 6.54 Å². The highest BCUT2D eigenvalue weighted by atomic mass is 16.1. The number of nitrogens with two attached hydrogens (primary N) is 2. The second-order valence-electron chi connectivity index (χ2n) is 2.48. The lowest BCUT2D eigenvalue weighted by atomic mass is 10.3. The van der Waals surface area contributed by atoms with E-state index in [1.807, 2.05) is 10.8 Å². The van der Waals surface area contributed by atoms with Crippen molar-refractivity contribution in [1.82, 2.24) is 0 Å². The molecule has 0 atom stereocenters. The van der Waals surface area contributed by atoms with Gasteiger partial charge in [-0.3, -0.25) is 4.79 Å². The summed E-state index contributed by atoms with van der Waals surface area (Å²) in [6.07, 6.45) is 3.54. The molecule has 1 heterocycles. The van der Waals surface area contributed by atoms with E-state index in [1.165, 1.54) is 0 Å². The maximum Gasteiger partial charge on any atom is 0.254 e. The molecule has 4 N–H and O–H groups in total. The van der Waals surface area contributed by atoms with Crippen molar-refractivity contribution in [2.24, 2.45) is 11.5 Å². The van der Waals surface area contributed by atoms with Crippen molar-refractivity contribution in [2.45, 2.75) is 6.54 Å². The number of rotatable bonds is 3. The molecule has 1 amide bonds. The lowest BCUT2D eigenvalue weighted by Gasteiger charge is -1.95. The SMILES string of the molecule is NCC[n+]1cccc(C(N)=O)c1. The second kappa shape index (κ2) is 3.82. The molecule has 0 fully saturated rings. The predicted octanol–water partition coefficient (Wildman–Crippen LogP) is -0.968. The third-order valence-corrected chi connectivity index (χ3v) is 1.53. The zero-order chi connectivity index (χ0) is 8.97. The third kappa shape index (κ3) is 2.03. The number of primary amides is 1. The predicted molar refractivity (Wildman–Crippen MR) is 44.2 cm³/mol. The van der Waals surface area contributed by atoms with Gasteiger partial charge in [-0.25, -0.2) is 4.57 Å². The van der Waals surface area contributed by atoms with Gasteiger partial charge in [-0.15, -0.1) is 0 Å². The molecule has 0 unspecified atom stereocenters. The molecular formula is C8H12N3O+. The second-order valence-corrected chi connectivity index (χ2v) is 2.48. The zero-order valence-corrected chi connectivity index (χ0v) is 6.73. The molecule has 0 aliphatic carbocycles. The Labute approximate surface area is 70.8 Å². The summed E-state index contributed by atoms with van der Waals surface area (Å²) in [6, 6.07) is 3.45. The van der Waals surface area contributed by atoms with Gasteiger partial charge in [0.15, 0.2) is 18.9 Å². The van der Waals surface area contributed by atoms with Crippen LogP contribution in [0, 0.1) is 0 Å². The van der Waals surface area contributed by atoms with Crippen molar-refractivity contribution in [3.63, 3.8) is 0 Å². The Hall–Kier alpha value is -1.42. The van der Waals surface area contributed by atoms with Gasteiger partial charge >= 0.3 is 0 Å². The first-order valence-electron chi connectivity index (χ1n) is 3.73. The molecular weight excluding hydrogens is 154 g/mol. The molecule has 0 aliphatic rings. The standard InChI is InChI=1S/C8H11N3O/c9-3-5-11-4-1-2-7(6-11)8(10)12/h1-2,4,6H,3,5,9H2,(H-,10,12)/p+1. The molecule has 64 valence electrons. The smallest absolute Gasteiger partial charge is 0.254 e. The molecule has 0 bridgehead atoms. The lowest BCUT2D eigenvalue weighted by Crippen LogP contribution is -2.37. The van der Waals surface area contributed by atoms with Gasteiger partial charge in [0.1, 0.15) is 5.56 Å². The van der Waals surface area contributed by atoms with Crippen molar-refractivity contribution in [1.29, 1.82) is 0 Å². The molecule has 0 saturated carbocycles. The van der Waals surface area contributed by atoms with Crippen LogP contribution >= 0.6 is 0 Å². The Bertz CT molecular complexity index is 285. The van der Waals surface area contributed by atoms with E-state index in [4.69, 9.17) is 11.5 Å². The van der Waals surface area contributed by atoms with Gasteiger partial charge in [-0.1, -0.05) is 0 Å². The van der Waals surface area contributed by atoms with Gasteiger partial charge < -0.3 is 11.5 Å². The Balaban J connectivity index is 2.88. The van der Waals surface area contributed by atoms with Crippen LogP contribution in [0.15, 0.2) is 24.5 Å². The maximum atomic E-state index is 10.7. The lowest BCUT2D eigenvalue weighted by molar-refractivity contribution is -0.694. The minimum atomic E-state index is -0.415. The summed E-state index contributed by atoms with van der Waals surface area (Å²) in [5.74, 6) is -0.415. The number of aromatic nitrogens is 1. The molecule has 4 heteroatoms. The molecule has 0 aliphatic heterocycles. The number of amides is 1. The van der Waals surface area contributed by atoms with Gasteiger partial charge in [0.2, 0.25) is 0 Å². The average Bonchev–Trinajstić information content (AvgIpc) is 2.05.